The number of piperidine rings is 1. The summed E-state index contributed by atoms with van der Waals surface area (Å²) in [6.07, 6.45) is 9.23. The van der Waals surface area contributed by atoms with E-state index in [0.29, 0.717) is 13.1 Å². The first-order valence-corrected chi connectivity index (χ1v) is 17.9. The molecule has 8 heteroatoms. The molecule has 52 heavy (non-hydrogen) atoms. The van der Waals surface area contributed by atoms with Gasteiger partial charge in [-0.2, -0.15) is 10.2 Å². The molecule has 1 aliphatic rings. The predicted molar refractivity (Wildman–Crippen MR) is 205 cm³/mol. The number of carbonyl (C=O) groups excluding carboxylic acids is 1. The molecule has 1 atom stereocenters. The summed E-state index contributed by atoms with van der Waals surface area (Å²) in [6.45, 7) is 6.95. The molecule has 1 aliphatic heterocycles. The van der Waals surface area contributed by atoms with E-state index in [0.717, 1.165) is 62.8 Å². The Kier molecular flexibility index (Phi) is 8.67. The molecule has 1 fully saturated rings. The maximum atomic E-state index is 12.9. The smallest absolute Gasteiger partial charge is 0.410 e. The Morgan fingerprint density at radius 3 is 1.96 bits per heavy atom. The SMILES string of the molecule is CC(C)(C)OC(=O)N1CCCC(n2cc(-c3ccc4c(c3)c(-c3ccncc3)nn4C(c3ccccc3)(c3ccccc3)c3ccccc3)cn2)C1. The van der Waals surface area contributed by atoms with Crippen LogP contribution in [0.15, 0.2) is 146 Å². The number of benzene rings is 4. The molecule has 1 unspecified atom stereocenters. The van der Waals surface area contributed by atoms with Gasteiger partial charge in [-0.3, -0.25) is 9.67 Å². The van der Waals surface area contributed by atoms with Crippen LogP contribution in [0.2, 0.25) is 0 Å². The first-order chi connectivity index (χ1) is 25.3. The maximum absolute atomic E-state index is 12.9. The van der Waals surface area contributed by atoms with Gasteiger partial charge in [0.1, 0.15) is 16.8 Å². The van der Waals surface area contributed by atoms with Crippen LogP contribution in [0.1, 0.15) is 56.3 Å². The van der Waals surface area contributed by atoms with Gasteiger partial charge in [-0.25, -0.2) is 9.48 Å². The van der Waals surface area contributed by atoms with Crippen LogP contribution in [-0.2, 0) is 10.3 Å². The van der Waals surface area contributed by atoms with Gasteiger partial charge in [-0.1, -0.05) is 97.1 Å². The van der Waals surface area contributed by atoms with E-state index in [1.54, 1.807) is 4.90 Å². The molecule has 0 N–H and O–H groups in total. The number of rotatable bonds is 7. The van der Waals surface area contributed by atoms with E-state index in [2.05, 4.69) is 125 Å². The number of nitrogens with zero attached hydrogens (tertiary/aromatic N) is 6. The minimum absolute atomic E-state index is 0.0668. The Morgan fingerprint density at radius 1 is 0.750 bits per heavy atom. The highest BCUT2D eigenvalue weighted by Crippen LogP contribution is 2.44. The number of carbonyl (C=O) groups is 1. The molecule has 8 rings (SSSR count). The largest absolute Gasteiger partial charge is 0.444 e. The summed E-state index contributed by atoms with van der Waals surface area (Å²) in [7, 11) is 0. The number of hydrogen-bond donors (Lipinski definition) is 0. The molecule has 0 saturated carbocycles. The molecule has 4 aromatic carbocycles. The number of ether oxygens (including phenoxy) is 1. The van der Waals surface area contributed by atoms with Crippen molar-refractivity contribution in [2.24, 2.45) is 0 Å². The van der Waals surface area contributed by atoms with E-state index in [1.165, 1.54) is 0 Å². The van der Waals surface area contributed by atoms with E-state index >= 15 is 0 Å². The number of aromatic nitrogens is 5. The molecule has 1 saturated heterocycles. The first-order valence-electron chi connectivity index (χ1n) is 17.9. The Labute approximate surface area is 304 Å². The lowest BCUT2D eigenvalue weighted by Gasteiger charge is -2.37. The summed E-state index contributed by atoms with van der Waals surface area (Å²) in [4.78, 5) is 19.0. The zero-order valence-corrected chi connectivity index (χ0v) is 29.8. The van der Waals surface area contributed by atoms with Crippen LogP contribution >= 0.6 is 0 Å². The van der Waals surface area contributed by atoms with Gasteiger partial charge in [0.15, 0.2) is 0 Å². The minimum Gasteiger partial charge on any atom is -0.444 e. The standard InChI is InChI=1S/C44H42N6O2/c1-43(2,3)52-42(51)48-27-13-20-38(31-48)49-30-34(29-46-49)33-21-22-40-39(28-33)41(32-23-25-45-26-24-32)47-50(40)44(35-14-7-4-8-15-35,36-16-9-5-10-17-36)37-18-11-6-12-19-37/h4-12,14-19,21-26,28-30,38H,13,20,27,31H2,1-3H3. The normalized spacial score (nSPS) is 15.1. The van der Waals surface area contributed by atoms with Gasteiger partial charge in [-0.15, -0.1) is 0 Å². The number of hydrogen-bond acceptors (Lipinski definition) is 5. The van der Waals surface area contributed by atoms with E-state index < -0.39 is 11.1 Å². The summed E-state index contributed by atoms with van der Waals surface area (Å²) in [5.74, 6) is 0. The zero-order valence-electron chi connectivity index (χ0n) is 29.8. The van der Waals surface area contributed by atoms with Crippen molar-refractivity contribution < 1.29 is 9.53 Å². The molecule has 0 radical (unpaired) electrons. The molecular formula is C44H42N6O2. The monoisotopic (exact) mass is 686 g/mol. The molecule has 8 nitrogen and oxygen atoms in total. The van der Waals surface area contributed by atoms with Crippen LogP contribution in [0.3, 0.4) is 0 Å². The Bertz CT molecular complexity index is 2200. The van der Waals surface area contributed by atoms with Crippen molar-refractivity contribution in [3.8, 4) is 22.4 Å². The molecule has 3 aromatic heterocycles. The summed E-state index contributed by atoms with van der Waals surface area (Å²) in [6, 6.07) is 42.6. The fourth-order valence-electron chi connectivity index (χ4n) is 7.53. The van der Waals surface area contributed by atoms with Crippen molar-refractivity contribution in [1.82, 2.24) is 29.4 Å². The first kappa shape index (κ1) is 33.1. The van der Waals surface area contributed by atoms with Crippen LogP contribution < -0.4 is 0 Å². The molecule has 4 heterocycles. The van der Waals surface area contributed by atoms with Crippen LogP contribution in [0, 0.1) is 0 Å². The third kappa shape index (κ3) is 6.15. The van der Waals surface area contributed by atoms with E-state index in [4.69, 9.17) is 14.9 Å². The van der Waals surface area contributed by atoms with Crippen molar-refractivity contribution in [3.63, 3.8) is 0 Å². The van der Waals surface area contributed by atoms with Crippen LogP contribution in [-0.4, -0.2) is 54.2 Å². The summed E-state index contributed by atoms with van der Waals surface area (Å²) >= 11 is 0. The number of fused-ring (bicyclic) bond motifs is 1. The lowest BCUT2D eigenvalue weighted by Crippen LogP contribution is -2.43. The molecule has 0 aliphatic carbocycles. The van der Waals surface area contributed by atoms with Crippen molar-refractivity contribution in [2.45, 2.75) is 50.8 Å². The van der Waals surface area contributed by atoms with Crippen LogP contribution in [0.4, 0.5) is 4.79 Å². The van der Waals surface area contributed by atoms with Crippen LogP contribution in [0.5, 0.6) is 0 Å². The maximum Gasteiger partial charge on any atom is 0.410 e. The van der Waals surface area contributed by atoms with Gasteiger partial charge in [0, 0.05) is 48.2 Å². The Morgan fingerprint density at radius 2 is 1.37 bits per heavy atom. The Balaban J connectivity index is 1.27. The van der Waals surface area contributed by atoms with Gasteiger partial charge in [0.05, 0.1) is 17.8 Å². The number of likely N-dealkylation sites (tertiary alicyclic amines) is 1. The highest BCUT2D eigenvalue weighted by molar-refractivity contribution is 5.96. The van der Waals surface area contributed by atoms with Crippen molar-refractivity contribution in [2.75, 3.05) is 13.1 Å². The molecule has 1 amide bonds. The third-order valence-electron chi connectivity index (χ3n) is 9.88. The van der Waals surface area contributed by atoms with Gasteiger partial charge in [-0.05, 0) is 80.1 Å². The highest BCUT2D eigenvalue weighted by Gasteiger charge is 2.41. The average Bonchev–Trinajstić information content (AvgIpc) is 3.83. The summed E-state index contributed by atoms with van der Waals surface area (Å²) in [5, 5.41) is 11.4. The quantitative estimate of drug-likeness (QED) is 0.156. The average molecular weight is 687 g/mol. The fraction of sp³-hybridized carbons (Fsp3) is 0.227. The van der Waals surface area contributed by atoms with E-state index in [9.17, 15) is 4.79 Å². The molecular weight excluding hydrogens is 645 g/mol. The second-order valence-corrected chi connectivity index (χ2v) is 14.5. The third-order valence-corrected chi connectivity index (χ3v) is 9.88. The zero-order chi connectivity index (χ0) is 35.7. The highest BCUT2D eigenvalue weighted by atomic mass is 16.6. The van der Waals surface area contributed by atoms with Gasteiger partial charge < -0.3 is 9.64 Å². The van der Waals surface area contributed by atoms with E-state index in [-0.39, 0.29) is 12.1 Å². The van der Waals surface area contributed by atoms with Crippen molar-refractivity contribution >= 4 is 17.0 Å². The Hall–Kier alpha value is -6.02. The molecule has 7 aromatic rings. The van der Waals surface area contributed by atoms with Gasteiger partial charge in [0.25, 0.3) is 0 Å². The van der Waals surface area contributed by atoms with E-state index in [1.807, 2.05) is 56.2 Å². The topological polar surface area (TPSA) is 78.1 Å². The molecule has 0 spiro atoms. The van der Waals surface area contributed by atoms with Gasteiger partial charge in [0.2, 0.25) is 0 Å². The lowest BCUT2D eigenvalue weighted by molar-refractivity contribution is 0.0167. The van der Waals surface area contributed by atoms with Gasteiger partial charge >= 0.3 is 6.09 Å². The second-order valence-electron chi connectivity index (χ2n) is 14.5. The minimum atomic E-state index is -0.777. The molecule has 260 valence electrons. The number of pyridine rings is 1. The second kappa shape index (κ2) is 13.6. The predicted octanol–water partition coefficient (Wildman–Crippen LogP) is 9.37. The summed E-state index contributed by atoms with van der Waals surface area (Å²) < 4.78 is 9.90. The van der Waals surface area contributed by atoms with Crippen molar-refractivity contribution in [1.29, 1.82) is 0 Å². The number of amides is 1. The lowest BCUT2D eigenvalue weighted by atomic mass is 9.77. The van der Waals surface area contributed by atoms with Crippen LogP contribution in [0.25, 0.3) is 33.3 Å². The summed E-state index contributed by atoms with van der Waals surface area (Å²) in [5.41, 5.74) is 6.92. The molecule has 0 bridgehead atoms. The fourth-order valence-corrected chi connectivity index (χ4v) is 7.53. The van der Waals surface area contributed by atoms with Crippen molar-refractivity contribution in [3.05, 3.63) is 163 Å².